The average Bonchev–Trinajstić information content (AvgIpc) is 2.95. The Labute approximate surface area is 223 Å². The fourth-order valence-corrected chi connectivity index (χ4v) is 4.16. The van der Waals surface area contributed by atoms with E-state index in [9.17, 15) is 18.9 Å². The van der Waals surface area contributed by atoms with Crippen LogP contribution >= 0.6 is 7.92 Å². The Kier molecular flexibility index (Phi) is 10.9. The molecule has 1 fully saturated rings. The van der Waals surface area contributed by atoms with Gasteiger partial charge in [-0.25, -0.2) is 0 Å². The Balaban J connectivity index is 1.80. The van der Waals surface area contributed by atoms with E-state index in [-0.39, 0.29) is 38.5 Å². The molecule has 0 bridgehead atoms. The van der Waals surface area contributed by atoms with Gasteiger partial charge in [-0.15, -0.1) is 0 Å². The molecular formula is C26H32N5O6P. The summed E-state index contributed by atoms with van der Waals surface area (Å²) >= 11 is 0. The third-order valence-electron chi connectivity index (χ3n) is 6.01. The van der Waals surface area contributed by atoms with Crippen molar-refractivity contribution in [3.8, 4) is 16.9 Å². The molecule has 1 atom stereocenters. The van der Waals surface area contributed by atoms with E-state index in [1.807, 2.05) is 48.3 Å². The van der Waals surface area contributed by atoms with Gasteiger partial charge >= 0.3 is 223 Å². The van der Waals surface area contributed by atoms with Crippen LogP contribution in [0.2, 0.25) is 0 Å². The summed E-state index contributed by atoms with van der Waals surface area (Å²) in [6.45, 7) is 4.15. The van der Waals surface area contributed by atoms with Gasteiger partial charge in [-0.3, -0.25) is 0 Å². The molecule has 2 aromatic rings. The normalized spacial score (nSPS) is 13.8. The van der Waals surface area contributed by atoms with Crippen molar-refractivity contribution in [2.24, 2.45) is 0 Å². The minimum absolute atomic E-state index is 0.0971. The maximum absolute atomic E-state index is 13.3. The Bertz CT molecular complexity index is 1230. The van der Waals surface area contributed by atoms with Gasteiger partial charge in [0.25, 0.3) is 0 Å². The van der Waals surface area contributed by atoms with Crippen LogP contribution < -0.4 is 10.2 Å². The van der Waals surface area contributed by atoms with Gasteiger partial charge in [0.05, 0.1) is 0 Å². The molecule has 2 heterocycles. The van der Waals surface area contributed by atoms with Gasteiger partial charge in [-0.2, -0.15) is 0 Å². The van der Waals surface area contributed by atoms with E-state index in [2.05, 4.69) is 15.9 Å². The van der Waals surface area contributed by atoms with Gasteiger partial charge in [0.1, 0.15) is 0 Å². The SMILES string of the molecule is CCOC(=O)N1CCN(C(=O)[C@H](C#P=O)NC(=O)c2cc(N(C)CCOC)cc(-c3ccccc3)n2)CC1. The number of pyridine rings is 1. The van der Waals surface area contributed by atoms with Crippen LogP contribution in [0.15, 0.2) is 42.5 Å². The first-order valence-corrected chi connectivity index (χ1v) is 13.1. The third-order valence-corrected chi connectivity index (χ3v) is 6.37. The molecule has 3 amide bonds. The molecule has 3 rings (SSSR count). The fourth-order valence-electron chi connectivity index (χ4n) is 3.88. The molecule has 1 aliphatic rings. The monoisotopic (exact) mass is 541 g/mol. The number of nitrogens with one attached hydrogen (secondary N) is 1. The van der Waals surface area contributed by atoms with E-state index in [0.717, 1.165) is 11.3 Å². The number of aromatic nitrogens is 1. The second-order valence-electron chi connectivity index (χ2n) is 8.51. The predicted molar refractivity (Wildman–Crippen MR) is 143 cm³/mol. The van der Waals surface area contributed by atoms with E-state index < -0.39 is 31.9 Å². The van der Waals surface area contributed by atoms with Crippen LogP contribution in [0.5, 0.6) is 0 Å². The molecule has 1 N–H and O–H groups in total. The van der Waals surface area contributed by atoms with Gasteiger partial charge in [0, 0.05) is 0 Å². The van der Waals surface area contributed by atoms with E-state index >= 15 is 0 Å². The number of methoxy groups -OCH3 is 1. The molecule has 1 aromatic heterocycles. The van der Waals surface area contributed by atoms with E-state index in [0.29, 0.717) is 18.8 Å². The minimum atomic E-state index is -1.26. The number of anilines is 1. The Hall–Kier alpha value is -3.65. The van der Waals surface area contributed by atoms with Crippen LogP contribution in [-0.2, 0) is 18.8 Å². The number of amides is 3. The Morgan fingerprint density at radius 2 is 1.82 bits per heavy atom. The molecule has 11 nitrogen and oxygen atoms in total. The third kappa shape index (κ3) is 7.68. The number of nitrogens with zero attached hydrogens (tertiary/aromatic N) is 4. The number of hydrogen-bond donors (Lipinski definition) is 1. The van der Waals surface area contributed by atoms with Crippen LogP contribution in [0.3, 0.4) is 0 Å². The van der Waals surface area contributed by atoms with Crippen molar-refractivity contribution >= 4 is 31.5 Å². The molecule has 0 aliphatic carbocycles. The van der Waals surface area contributed by atoms with E-state index in [1.165, 1.54) is 9.80 Å². The number of benzene rings is 1. The number of ether oxygens (including phenoxy) is 2. The molecular weight excluding hydrogens is 509 g/mol. The number of likely N-dealkylation sites (N-methyl/N-ethyl adjacent to an activating group) is 1. The first-order valence-electron chi connectivity index (χ1n) is 12.2. The van der Waals surface area contributed by atoms with Gasteiger partial charge in [0.2, 0.25) is 0 Å². The summed E-state index contributed by atoms with van der Waals surface area (Å²) in [4.78, 5) is 47.9. The first-order chi connectivity index (χ1) is 18.4. The van der Waals surface area contributed by atoms with Crippen molar-refractivity contribution < 1.29 is 28.4 Å². The summed E-state index contributed by atoms with van der Waals surface area (Å²) in [5.74, 6) is -1.08. The van der Waals surface area contributed by atoms with Crippen LogP contribution in [0.4, 0.5) is 10.5 Å². The van der Waals surface area contributed by atoms with Gasteiger partial charge < -0.3 is 0 Å². The summed E-state index contributed by atoms with van der Waals surface area (Å²) < 4.78 is 21.6. The zero-order valence-electron chi connectivity index (χ0n) is 21.8. The molecule has 1 saturated heterocycles. The number of hydrogen-bond acceptors (Lipinski definition) is 8. The molecule has 0 spiro atoms. The van der Waals surface area contributed by atoms with Crippen molar-refractivity contribution in [1.29, 1.82) is 0 Å². The maximum atomic E-state index is 13.3. The van der Waals surface area contributed by atoms with Crippen LogP contribution in [-0.4, -0.2) is 98.8 Å². The summed E-state index contributed by atoms with van der Waals surface area (Å²) in [7, 11) is 2.97. The van der Waals surface area contributed by atoms with Crippen LogP contribution in [0, 0.1) is 5.63 Å². The first kappa shape index (κ1) is 28.9. The number of carbonyl (C=O) groups is 3. The van der Waals surface area contributed by atoms with Crippen molar-refractivity contribution in [2.45, 2.75) is 13.0 Å². The molecule has 38 heavy (non-hydrogen) atoms. The van der Waals surface area contributed by atoms with Gasteiger partial charge in [-0.05, 0) is 0 Å². The molecule has 0 radical (unpaired) electrons. The summed E-state index contributed by atoms with van der Waals surface area (Å²) in [5, 5.41) is 2.61. The zero-order chi connectivity index (χ0) is 27.5. The molecule has 202 valence electrons. The summed E-state index contributed by atoms with van der Waals surface area (Å²) in [6, 6.07) is 11.7. The Morgan fingerprint density at radius 1 is 1.13 bits per heavy atom. The standard InChI is InChI=1S/C26H32N5O6P/c1-4-37-26(34)31-12-10-30(11-13-31)25(33)23(18-38-35)28-24(32)22-17-20(29(2)14-15-36-3)16-21(27-22)19-8-6-5-7-9-19/h5-9,16-17,23H,4,10-15H2,1-3H3,(H,28,32)/t23-/m0/s1. The molecule has 0 saturated carbocycles. The van der Waals surface area contributed by atoms with Gasteiger partial charge in [0.15, 0.2) is 0 Å². The molecule has 1 aliphatic heterocycles. The molecule has 0 unspecified atom stereocenters. The number of piperazine rings is 1. The summed E-state index contributed by atoms with van der Waals surface area (Å²) in [5.41, 5.74) is 4.74. The van der Waals surface area contributed by atoms with Crippen molar-refractivity contribution in [3.05, 3.63) is 48.2 Å². The second kappa shape index (κ2) is 14.3. The van der Waals surface area contributed by atoms with Gasteiger partial charge in [-0.1, -0.05) is 0 Å². The quantitative estimate of drug-likeness (QED) is 0.481. The van der Waals surface area contributed by atoms with E-state index in [1.54, 1.807) is 20.1 Å². The van der Waals surface area contributed by atoms with Crippen LogP contribution in [0.25, 0.3) is 11.3 Å². The second-order valence-corrected chi connectivity index (χ2v) is 8.96. The predicted octanol–water partition coefficient (Wildman–Crippen LogP) is 2.48. The molecule has 1 aromatic carbocycles. The van der Waals surface area contributed by atoms with Crippen molar-refractivity contribution in [1.82, 2.24) is 20.1 Å². The van der Waals surface area contributed by atoms with Crippen molar-refractivity contribution in [3.63, 3.8) is 0 Å². The topological polar surface area (TPSA) is 121 Å². The van der Waals surface area contributed by atoms with Crippen molar-refractivity contribution in [2.75, 3.05) is 65.0 Å². The zero-order valence-corrected chi connectivity index (χ0v) is 22.6. The number of carbonyl (C=O) groups excluding carboxylic acids is 3. The fraction of sp³-hybridized carbons (Fsp3) is 0.423. The number of rotatable bonds is 9. The van der Waals surface area contributed by atoms with E-state index in [4.69, 9.17) is 9.47 Å². The average molecular weight is 542 g/mol. The van der Waals surface area contributed by atoms with Crippen LogP contribution in [0.1, 0.15) is 17.4 Å². The Morgan fingerprint density at radius 3 is 2.45 bits per heavy atom. The molecule has 12 heteroatoms. The summed E-state index contributed by atoms with van der Waals surface area (Å²) in [6.07, 6.45) is -0.434.